The van der Waals surface area contributed by atoms with Crippen LogP contribution in [0, 0.1) is 5.92 Å². The number of fused-ring (bicyclic) bond motifs is 1. The van der Waals surface area contributed by atoms with Crippen molar-refractivity contribution in [2.45, 2.75) is 70.7 Å². The number of Topliss-reactive ketones (excluding diaryl/α,β-unsaturated/α-hetero) is 1. The Balaban J connectivity index is 0.942. The minimum absolute atomic E-state index is 0.0633. The number of benzene rings is 2. The van der Waals surface area contributed by atoms with Crippen LogP contribution >= 0.6 is 0 Å². The van der Waals surface area contributed by atoms with Crippen LogP contribution in [0.1, 0.15) is 62.2 Å². The molecule has 3 aliphatic rings. The molecule has 3 saturated heterocycles. The minimum atomic E-state index is -1.19. The Morgan fingerprint density at radius 1 is 0.911 bits per heavy atom. The van der Waals surface area contributed by atoms with E-state index in [0.29, 0.717) is 72.4 Å². The summed E-state index contributed by atoms with van der Waals surface area (Å²) in [6.45, 7) is 5.85. The van der Waals surface area contributed by atoms with Crippen molar-refractivity contribution < 1.29 is 33.0 Å². The van der Waals surface area contributed by atoms with Gasteiger partial charge in [0.2, 0.25) is 5.91 Å². The number of rotatable bonds is 12. The summed E-state index contributed by atoms with van der Waals surface area (Å²) >= 11 is 0. The number of aryl methyl sites for hydroxylation is 1. The smallest absolute Gasteiger partial charge is 0.260 e. The van der Waals surface area contributed by atoms with Gasteiger partial charge in [0.05, 0.1) is 31.7 Å². The summed E-state index contributed by atoms with van der Waals surface area (Å²) in [7, 11) is 3.09. The van der Waals surface area contributed by atoms with Gasteiger partial charge in [-0.1, -0.05) is 19.4 Å². The van der Waals surface area contributed by atoms with E-state index in [1.54, 1.807) is 42.3 Å². The highest BCUT2D eigenvalue weighted by Gasteiger charge is 2.34. The van der Waals surface area contributed by atoms with Crippen LogP contribution in [0.2, 0.25) is 0 Å². The molecular weight excluding hydrogens is 717 g/mol. The van der Waals surface area contributed by atoms with Crippen LogP contribution in [0.15, 0.2) is 65.8 Å². The average molecular weight is 768 g/mol. The molecule has 56 heavy (non-hydrogen) atoms. The number of methoxy groups -OCH3 is 2. The number of ether oxygens (including phenoxy) is 3. The van der Waals surface area contributed by atoms with E-state index in [0.717, 1.165) is 48.7 Å². The van der Waals surface area contributed by atoms with Crippen LogP contribution < -0.4 is 24.7 Å². The van der Waals surface area contributed by atoms with Crippen molar-refractivity contribution >= 4 is 34.1 Å². The molecule has 13 heteroatoms. The van der Waals surface area contributed by atoms with Gasteiger partial charge in [-0.05, 0) is 78.9 Å². The number of anilines is 1. The molecule has 3 aliphatic heterocycles. The maximum absolute atomic E-state index is 15.7. The number of amides is 2. The Kier molecular flexibility index (Phi) is 12.0. The van der Waals surface area contributed by atoms with Gasteiger partial charge in [0.15, 0.2) is 11.5 Å². The van der Waals surface area contributed by atoms with Gasteiger partial charge in [0.25, 0.3) is 11.5 Å². The van der Waals surface area contributed by atoms with Gasteiger partial charge in [0.1, 0.15) is 23.8 Å². The van der Waals surface area contributed by atoms with E-state index in [9.17, 15) is 19.2 Å². The van der Waals surface area contributed by atoms with E-state index >= 15 is 4.39 Å². The number of piperidine rings is 3. The molecule has 0 spiro atoms. The first-order valence-electron chi connectivity index (χ1n) is 19.6. The van der Waals surface area contributed by atoms with Crippen molar-refractivity contribution in [2.24, 2.45) is 5.92 Å². The lowest BCUT2D eigenvalue weighted by molar-refractivity contribution is -0.128. The van der Waals surface area contributed by atoms with Crippen molar-refractivity contribution in [3.63, 3.8) is 0 Å². The summed E-state index contributed by atoms with van der Waals surface area (Å²) in [4.78, 5) is 60.9. The number of hydrogen-bond donors (Lipinski definition) is 0. The molecule has 0 unspecified atom stereocenters. The van der Waals surface area contributed by atoms with E-state index in [-0.39, 0.29) is 49.1 Å². The lowest BCUT2D eigenvalue weighted by Crippen LogP contribution is -2.49. The van der Waals surface area contributed by atoms with Gasteiger partial charge in [-0.15, -0.1) is 0 Å². The molecule has 2 atom stereocenters. The van der Waals surface area contributed by atoms with Gasteiger partial charge in [-0.3, -0.25) is 29.1 Å². The summed E-state index contributed by atoms with van der Waals surface area (Å²) in [5.41, 5.74) is 2.65. The third-order valence-corrected chi connectivity index (χ3v) is 11.4. The highest BCUT2D eigenvalue weighted by molar-refractivity contribution is 6.09. The highest BCUT2D eigenvalue weighted by Crippen LogP contribution is 2.37. The molecule has 0 N–H and O–H groups in total. The number of halogens is 1. The summed E-state index contributed by atoms with van der Waals surface area (Å²) in [5.74, 6) is 1.28. The Labute approximate surface area is 326 Å². The summed E-state index contributed by atoms with van der Waals surface area (Å²) in [5, 5.41) is 1.36. The molecular formula is C43H50FN5O7. The molecule has 4 aromatic rings. The first kappa shape index (κ1) is 39.0. The molecule has 2 aromatic heterocycles. The maximum atomic E-state index is 15.7. The summed E-state index contributed by atoms with van der Waals surface area (Å²) < 4.78 is 35.0. The lowest BCUT2D eigenvalue weighted by atomic mass is 9.94. The minimum Gasteiger partial charge on any atom is -0.495 e. The largest absolute Gasteiger partial charge is 0.495 e. The van der Waals surface area contributed by atoms with Crippen molar-refractivity contribution in [3.8, 4) is 28.4 Å². The fourth-order valence-corrected chi connectivity index (χ4v) is 8.17. The molecule has 296 valence electrons. The topological polar surface area (TPSA) is 124 Å². The third-order valence-electron chi connectivity index (χ3n) is 11.4. The molecule has 5 heterocycles. The van der Waals surface area contributed by atoms with Gasteiger partial charge in [0, 0.05) is 82.0 Å². The maximum Gasteiger partial charge on any atom is 0.260 e. The Bertz CT molecular complexity index is 2150. The number of nitrogens with zero attached hydrogens (tertiary/aromatic N) is 5. The second-order valence-electron chi connectivity index (χ2n) is 15.0. The molecule has 12 nitrogen and oxygen atoms in total. The van der Waals surface area contributed by atoms with E-state index in [2.05, 4.69) is 16.8 Å². The van der Waals surface area contributed by atoms with Gasteiger partial charge >= 0.3 is 0 Å². The lowest BCUT2D eigenvalue weighted by Gasteiger charge is -2.39. The Morgan fingerprint density at radius 3 is 2.43 bits per heavy atom. The van der Waals surface area contributed by atoms with Gasteiger partial charge in [-0.25, -0.2) is 4.39 Å². The molecule has 0 saturated carbocycles. The second-order valence-corrected chi connectivity index (χ2v) is 15.0. The van der Waals surface area contributed by atoms with Crippen LogP contribution in [0.5, 0.6) is 17.2 Å². The number of carbonyl (C=O) groups excluding carboxylic acids is 3. The zero-order valence-corrected chi connectivity index (χ0v) is 32.4. The molecule has 2 aromatic carbocycles. The zero-order valence-electron chi connectivity index (χ0n) is 32.4. The number of aromatic nitrogens is 2. The van der Waals surface area contributed by atoms with Crippen LogP contribution in [0.4, 0.5) is 10.1 Å². The van der Waals surface area contributed by atoms with Crippen molar-refractivity contribution in [3.05, 3.63) is 77.0 Å². The number of likely N-dealkylation sites (tertiary alicyclic amines) is 2. The van der Waals surface area contributed by atoms with E-state index in [1.807, 2.05) is 35.4 Å². The van der Waals surface area contributed by atoms with Crippen molar-refractivity contribution in [1.29, 1.82) is 0 Å². The average Bonchev–Trinajstić information content (AvgIpc) is 3.21. The normalized spacial score (nSPS) is 19.7. The molecule has 7 rings (SSSR count). The molecule has 0 aliphatic carbocycles. The molecule has 0 bridgehead atoms. The van der Waals surface area contributed by atoms with Crippen LogP contribution in [-0.2, 0) is 16.1 Å². The van der Waals surface area contributed by atoms with E-state index in [1.165, 1.54) is 12.0 Å². The molecule has 2 amide bonds. The third kappa shape index (κ3) is 8.28. The first-order chi connectivity index (χ1) is 27.2. The Morgan fingerprint density at radius 2 is 1.70 bits per heavy atom. The fourth-order valence-electron chi connectivity index (χ4n) is 8.17. The number of carbonyl (C=O) groups is 3. The predicted octanol–water partition coefficient (Wildman–Crippen LogP) is 5.92. The number of hydrogen-bond acceptors (Lipinski definition) is 9. The van der Waals surface area contributed by atoms with Crippen molar-refractivity contribution in [1.82, 2.24) is 19.4 Å². The standard InChI is InChI=1S/C43H50FN5O7/c1-4-5-16-48-26-34(32-10-15-45-24-33(32)43(48)53)29-6-9-39(40(22-29)55-3)56-37-14-17-46(27-35(37)44)25-28-11-18-47(19-12-28)42(52)30-7-8-38(54-2)36(21-30)49-20-13-31(50)23-41(49)51/h6-10,15,21-22,24,26,28,35,37H,4-5,11-14,16-20,23,25,27H2,1-3H3/t35-,37-/m0/s1. The number of unbranched alkanes of at least 4 members (excludes halogenated alkanes) is 1. The Hall–Kier alpha value is -5.30. The highest BCUT2D eigenvalue weighted by atomic mass is 19.1. The molecule has 3 fully saturated rings. The van der Waals surface area contributed by atoms with E-state index in [4.69, 9.17) is 14.2 Å². The van der Waals surface area contributed by atoms with Gasteiger partial charge in [-0.2, -0.15) is 0 Å². The second kappa shape index (κ2) is 17.2. The zero-order chi connectivity index (χ0) is 39.3. The number of pyridine rings is 2. The monoisotopic (exact) mass is 767 g/mol. The van der Waals surface area contributed by atoms with Gasteiger partial charge < -0.3 is 28.6 Å². The summed E-state index contributed by atoms with van der Waals surface area (Å²) in [6.07, 6.45) is 7.49. The predicted molar refractivity (Wildman–Crippen MR) is 211 cm³/mol. The van der Waals surface area contributed by atoms with Crippen LogP contribution in [0.25, 0.3) is 21.9 Å². The fraction of sp³-hybridized carbons (Fsp3) is 0.465. The van der Waals surface area contributed by atoms with Crippen molar-refractivity contribution in [2.75, 3.05) is 58.4 Å². The quantitative estimate of drug-likeness (QED) is 0.162. The number of ketones is 1. The van der Waals surface area contributed by atoms with Crippen LogP contribution in [0.3, 0.4) is 0 Å². The SMILES string of the molecule is CCCCn1cc(-c2ccc(O[C@H]3CCN(CC4CCN(C(=O)c5ccc(OC)c(N6CCC(=O)CC6=O)c5)CC4)C[C@@H]3F)c(OC)c2)c2ccncc2c1=O. The first-order valence-corrected chi connectivity index (χ1v) is 19.6. The van der Waals surface area contributed by atoms with Crippen LogP contribution in [-0.4, -0.2) is 103 Å². The summed E-state index contributed by atoms with van der Waals surface area (Å²) in [6, 6.07) is 12.6. The number of alkyl halides is 1. The van der Waals surface area contributed by atoms with E-state index < -0.39 is 12.3 Å². The molecule has 0 radical (unpaired) electrons.